The molecule has 1 atom stereocenters. The summed E-state index contributed by atoms with van der Waals surface area (Å²) in [6.07, 6.45) is -1.87. The first kappa shape index (κ1) is 29.4. The van der Waals surface area contributed by atoms with Gasteiger partial charge in [0.25, 0.3) is 0 Å². The van der Waals surface area contributed by atoms with Gasteiger partial charge in [0.05, 0.1) is 65.8 Å². The zero-order valence-corrected chi connectivity index (χ0v) is 18.7. The number of carboxylic acids is 1. The summed E-state index contributed by atoms with van der Waals surface area (Å²) >= 11 is 0. The van der Waals surface area contributed by atoms with E-state index < -0.39 is 24.1 Å². The summed E-state index contributed by atoms with van der Waals surface area (Å²) in [7, 11) is 0. The van der Waals surface area contributed by atoms with E-state index in [9.17, 15) is 14.4 Å². The first-order valence-electron chi connectivity index (χ1n) is 10.3. The fraction of sp³-hybridized carbons (Fsp3) is 0.850. The topological polar surface area (TPSA) is 150 Å². The second-order valence-corrected chi connectivity index (χ2v) is 7.56. The van der Waals surface area contributed by atoms with Gasteiger partial charge in [0.1, 0.15) is 11.4 Å². The van der Waals surface area contributed by atoms with Gasteiger partial charge < -0.3 is 39.2 Å². The molecule has 0 aliphatic rings. The molecule has 0 aromatic heterocycles. The summed E-state index contributed by atoms with van der Waals surface area (Å²) in [5.41, 5.74) is -0.488. The number of ketones is 1. The average Bonchev–Trinajstić information content (AvgIpc) is 2.66. The van der Waals surface area contributed by atoms with Gasteiger partial charge in [-0.1, -0.05) is 0 Å². The predicted molar refractivity (Wildman–Crippen MR) is 110 cm³/mol. The minimum absolute atomic E-state index is 0.0216. The summed E-state index contributed by atoms with van der Waals surface area (Å²) < 4.78 is 26.5. The smallest absolute Gasteiger partial charge is 0.332 e. The van der Waals surface area contributed by atoms with Crippen molar-refractivity contribution in [1.29, 1.82) is 0 Å². The Balaban J connectivity index is 3.28. The van der Waals surface area contributed by atoms with Crippen LogP contribution >= 0.6 is 0 Å². The third-order valence-corrected chi connectivity index (χ3v) is 3.44. The van der Waals surface area contributed by atoms with Gasteiger partial charge in [0.2, 0.25) is 0 Å². The quantitative estimate of drug-likeness (QED) is 0.166. The van der Waals surface area contributed by atoms with Crippen molar-refractivity contribution in [2.24, 2.45) is 0 Å². The number of hydrogen-bond acceptors (Lipinski definition) is 10. The number of carboxylic acid groups (broad SMARTS) is 1. The molecule has 0 spiro atoms. The summed E-state index contributed by atoms with van der Waals surface area (Å²) in [4.78, 5) is 33.3. The largest absolute Gasteiger partial charge is 0.479 e. The van der Waals surface area contributed by atoms with Gasteiger partial charge in [-0.25, -0.2) is 4.79 Å². The molecule has 0 bridgehead atoms. The van der Waals surface area contributed by atoms with Crippen molar-refractivity contribution in [2.75, 3.05) is 65.9 Å². The van der Waals surface area contributed by atoms with Crippen molar-refractivity contribution >= 4 is 17.7 Å². The number of rotatable bonds is 20. The molecular formula is C20H37NO10. The molecule has 11 nitrogen and oxygen atoms in total. The van der Waals surface area contributed by atoms with E-state index in [0.29, 0.717) is 59.4 Å². The Bertz CT molecular complexity index is 507. The van der Waals surface area contributed by atoms with Crippen molar-refractivity contribution in [3.63, 3.8) is 0 Å². The van der Waals surface area contributed by atoms with Crippen molar-refractivity contribution in [3.05, 3.63) is 0 Å². The Morgan fingerprint density at radius 1 is 0.839 bits per heavy atom. The Morgan fingerprint density at radius 2 is 1.32 bits per heavy atom. The van der Waals surface area contributed by atoms with Gasteiger partial charge in [0.15, 0.2) is 6.10 Å². The highest BCUT2D eigenvalue weighted by molar-refractivity contribution is 5.86. The number of aliphatic hydroxyl groups excluding tert-OH is 1. The van der Waals surface area contributed by atoms with E-state index in [1.165, 1.54) is 0 Å². The van der Waals surface area contributed by atoms with Crippen molar-refractivity contribution in [1.82, 2.24) is 5.32 Å². The number of aliphatic hydroxyl groups is 1. The molecule has 1 unspecified atom stereocenters. The van der Waals surface area contributed by atoms with Gasteiger partial charge in [-0.3, -0.25) is 9.59 Å². The third kappa shape index (κ3) is 21.4. The highest BCUT2D eigenvalue weighted by Crippen LogP contribution is 2.07. The molecule has 0 aromatic rings. The fourth-order valence-corrected chi connectivity index (χ4v) is 2.06. The van der Waals surface area contributed by atoms with Gasteiger partial charge in [-0.2, -0.15) is 0 Å². The summed E-state index contributed by atoms with van der Waals surface area (Å²) in [6.45, 7) is 8.93. The fourth-order valence-electron chi connectivity index (χ4n) is 2.06. The predicted octanol–water partition coefficient (Wildman–Crippen LogP) is -0.221. The highest BCUT2D eigenvalue weighted by Gasteiger charge is 2.17. The second-order valence-electron chi connectivity index (χ2n) is 7.56. The van der Waals surface area contributed by atoms with E-state index in [1.54, 1.807) is 0 Å². The molecule has 0 rings (SSSR count). The van der Waals surface area contributed by atoms with E-state index in [0.717, 1.165) is 0 Å². The number of carbonyl (C=O) groups excluding carboxylic acids is 2. The van der Waals surface area contributed by atoms with Crippen LogP contribution in [0.2, 0.25) is 0 Å². The third-order valence-electron chi connectivity index (χ3n) is 3.44. The average molecular weight is 452 g/mol. The van der Waals surface area contributed by atoms with Gasteiger partial charge in [-0.05, 0) is 20.8 Å². The maximum atomic E-state index is 11.5. The van der Waals surface area contributed by atoms with Crippen LogP contribution in [-0.2, 0) is 38.1 Å². The molecule has 11 heteroatoms. The van der Waals surface area contributed by atoms with Gasteiger partial charge in [-0.15, -0.1) is 0 Å². The van der Waals surface area contributed by atoms with Crippen molar-refractivity contribution in [3.8, 4) is 0 Å². The lowest BCUT2D eigenvalue weighted by molar-refractivity contribution is -0.156. The Morgan fingerprint density at radius 3 is 1.81 bits per heavy atom. The lowest BCUT2D eigenvalue weighted by atomic mass is 10.2. The molecule has 0 aromatic carbocycles. The van der Waals surface area contributed by atoms with Crippen molar-refractivity contribution < 1.29 is 48.3 Å². The number of ether oxygens (including phenoxy) is 5. The normalized spacial score (nSPS) is 12.5. The molecule has 0 amide bonds. The van der Waals surface area contributed by atoms with E-state index in [1.807, 2.05) is 20.8 Å². The van der Waals surface area contributed by atoms with Crippen LogP contribution in [-0.4, -0.2) is 106 Å². The molecular weight excluding hydrogens is 414 g/mol. The van der Waals surface area contributed by atoms with Crippen LogP contribution in [0.1, 0.15) is 33.6 Å². The molecule has 0 radical (unpaired) electrons. The molecule has 3 N–H and O–H groups in total. The lowest BCUT2D eigenvalue weighted by Crippen LogP contribution is -2.31. The second kappa shape index (κ2) is 18.0. The Kier molecular flexibility index (Phi) is 17.0. The lowest BCUT2D eigenvalue weighted by Gasteiger charge is -2.19. The van der Waals surface area contributed by atoms with Crippen LogP contribution in [0.4, 0.5) is 0 Å². The molecule has 0 saturated carbocycles. The SMILES string of the molecule is CC(C)(C)OC(=O)CCOCCOCCOCCOCCNCC(=O)CC(O)C(=O)O. The van der Waals surface area contributed by atoms with Crippen LogP contribution < -0.4 is 5.32 Å². The highest BCUT2D eigenvalue weighted by atomic mass is 16.6. The van der Waals surface area contributed by atoms with Gasteiger partial charge >= 0.3 is 11.9 Å². The van der Waals surface area contributed by atoms with E-state index in [4.69, 9.17) is 33.9 Å². The minimum Gasteiger partial charge on any atom is -0.479 e. The number of aliphatic carboxylic acids is 1. The van der Waals surface area contributed by atoms with E-state index >= 15 is 0 Å². The Hall–Kier alpha value is -1.63. The van der Waals surface area contributed by atoms with Crippen LogP contribution in [0.15, 0.2) is 0 Å². The molecule has 0 heterocycles. The van der Waals surface area contributed by atoms with E-state index in [-0.39, 0.29) is 24.7 Å². The summed E-state index contributed by atoms with van der Waals surface area (Å²) in [5.74, 6) is -2.08. The zero-order chi connectivity index (χ0) is 23.5. The first-order chi connectivity index (χ1) is 14.6. The molecule has 0 saturated heterocycles. The van der Waals surface area contributed by atoms with Crippen LogP contribution in [0.25, 0.3) is 0 Å². The maximum absolute atomic E-state index is 11.5. The Labute approximate surface area is 183 Å². The summed E-state index contributed by atoms with van der Waals surface area (Å²) in [6, 6.07) is 0. The maximum Gasteiger partial charge on any atom is 0.332 e. The number of esters is 1. The number of Topliss-reactive ketones (excluding diaryl/α,β-unsaturated/α-hetero) is 1. The number of nitrogens with one attached hydrogen (secondary N) is 1. The zero-order valence-electron chi connectivity index (χ0n) is 18.7. The summed E-state index contributed by atoms with van der Waals surface area (Å²) in [5, 5.41) is 20.4. The number of hydrogen-bond donors (Lipinski definition) is 3. The number of carbonyl (C=O) groups is 3. The van der Waals surface area contributed by atoms with Gasteiger partial charge in [0, 0.05) is 13.0 Å². The van der Waals surface area contributed by atoms with Crippen LogP contribution in [0, 0.1) is 0 Å². The molecule has 0 fully saturated rings. The van der Waals surface area contributed by atoms with Crippen molar-refractivity contribution in [2.45, 2.75) is 45.3 Å². The molecule has 31 heavy (non-hydrogen) atoms. The van der Waals surface area contributed by atoms with Crippen LogP contribution in [0.5, 0.6) is 0 Å². The molecule has 182 valence electrons. The molecule has 0 aliphatic heterocycles. The minimum atomic E-state index is -1.66. The first-order valence-corrected chi connectivity index (χ1v) is 10.3. The monoisotopic (exact) mass is 451 g/mol. The van der Waals surface area contributed by atoms with E-state index in [2.05, 4.69) is 5.32 Å². The standard InChI is InChI=1S/C20H37NO10/c1-20(2,3)31-18(24)4-6-27-8-10-29-12-13-30-11-9-28-7-5-21-15-16(22)14-17(23)19(25)26/h17,21,23H,4-15H2,1-3H3,(H,25,26). The molecule has 0 aliphatic carbocycles. The van der Waals surface area contributed by atoms with Crippen LogP contribution in [0.3, 0.4) is 0 Å².